The largest absolute Gasteiger partial charge is 0.343 e. The maximum Gasteiger partial charge on any atom is 0.261 e. The van der Waals surface area contributed by atoms with Gasteiger partial charge < -0.3 is 4.90 Å². The molecule has 0 spiro atoms. The van der Waals surface area contributed by atoms with Gasteiger partial charge in [0.1, 0.15) is 0 Å². The van der Waals surface area contributed by atoms with Gasteiger partial charge in [0.2, 0.25) is 5.91 Å². The van der Waals surface area contributed by atoms with Crippen molar-refractivity contribution >= 4 is 33.7 Å². The fraction of sp³-hybridized carbons (Fsp3) is 0.550. The van der Waals surface area contributed by atoms with Crippen LogP contribution in [0.2, 0.25) is 0 Å². The lowest BCUT2D eigenvalue weighted by Crippen LogP contribution is -2.37. The van der Waals surface area contributed by atoms with Crippen LogP contribution in [0, 0.1) is 0 Å². The minimum absolute atomic E-state index is 0.108. The summed E-state index contributed by atoms with van der Waals surface area (Å²) in [5.41, 5.74) is 0.881. The quantitative estimate of drug-likeness (QED) is 0.533. The molecule has 5 nitrogen and oxygen atoms in total. The maximum absolute atomic E-state index is 12.5. The van der Waals surface area contributed by atoms with Crippen molar-refractivity contribution < 1.29 is 14.4 Å². The van der Waals surface area contributed by atoms with Crippen molar-refractivity contribution in [3.63, 3.8) is 0 Å². The maximum atomic E-state index is 12.5. The number of amides is 3. The Labute approximate surface area is 162 Å². The molecule has 3 rings (SSSR count). The Kier molecular flexibility index (Phi) is 6.12. The predicted octanol–water partition coefficient (Wildman–Crippen LogP) is 4.01. The first-order chi connectivity index (χ1) is 12.5. The summed E-state index contributed by atoms with van der Waals surface area (Å²) in [4.78, 5) is 40.5. The van der Waals surface area contributed by atoms with E-state index in [4.69, 9.17) is 0 Å². The highest BCUT2D eigenvalue weighted by Crippen LogP contribution is 2.26. The number of fused-ring (bicyclic) bond motifs is 1. The lowest BCUT2D eigenvalue weighted by molar-refractivity contribution is -0.132. The highest BCUT2D eigenvalue weighted by Gasteiger charge is 2.35. The predicted molar refractivity (Wildman–Crippen MR) is 103 cm³/mol. The van der Waals surface area contributed by atoms with E-state index in [-0.39, 0.29) is 24.3 Å². The average molecular weight is 421 g/mol. The number of benzene rings is 1. The minimum atomic E-state index is -0.268. The van der Waals surface area contributed by atoms with Crippen LogP contribution in [-0.2, 0) is 4.79 Å². The molecule has 0 bridgehead atoms. The van der Waals surface area contributed by atoms with Crippen molar-refractivity contribution in [3.05, 3.63) is 33.8 Å². The molecule has 0 saturated heterocycles. The molecule has 1 heterocycles. The molecule has 2 aliphatic rings. The van der Waals surface area contributed by atoms with Crippen LogP contribution >= 0.6 is 15.9 Å². The zero-order valence-electron chi connectivity index (χ0n) is 15.2. The van der Waals surface area contributed by atoms with Crippen LogP contribution in [0.4, 0.5) is 0 Å². The molecular formula is C20H25BrN2O3. The lowest BCUT2D eigenvalue weighted by atomic mass is 10.1. The van der Waals surface area contributed by atoms with Crippen LogP contribution in [0.1, 0.15) is 72.1 Å². The zero-order valence-corrected chi connectivity index (χ0v) is 16.8. The number of hydrogen-bond donors (Lipinski definition) is 0. The van der Waals surface area contributed by atoms with E-state index in [0.717, 1.165) is 17.3 Å². The van der Waals surface area contributed by atoms with E-state index in [0.29, 0.717) is 30.0 Å². The Morgan fingerprint density at radius 2 is 1.77 bits per heavy atom. The lowest BCUT2D eigenvalue weighted by Gasteiger charge is -2.27. The molecule has 26 heavy (non-hydrogen) atoms. The summed E-state index contributed by atoms with van der Waals surface area (Å²) >= 11 is 3.33. The van der Waals surface area contributed by atoms with Crippen molar-refractivity contribution in [2.75, 3.05) is 13.6 Å². The smallest absolute Gasteiger partial charge is 0.261 e. The first kappa shape index (κ1) is 19.1. The summed E-state index contributed by atoms with van der Waals surface area (Å²) < 4.78 is 0.777. The van der Waals surface area contributed by atoms with Gasteiger partial charge in [0, 0.05) is 30.5 Å². The SMILES string of the molecule is CN(C(=O)CCCN1C(=O)c2ccc(Br)cc2C1=O)C1CCCCCC1. The summed E-state index contributed by atoms with van der Waals surface area (Å²) in [6, 6.07) is 5.45. The van der Waals surface area contributed by atoms with Crippen molar-refractivity contribution in [3.8, 4) is 0 Å². The van der Waals surface area contributed by atoms with E-state index in [1.54, 1.807) is 18.2 Å². The van der Waals surface area contributed by atoms with Gasteiger partial charge in [-0.1, -0.05) is 41.6 Å². The standard InChI is InChI=1S/C20H25BrN2O3/c1-22(15-7-4-2-3-5-8-15)18(24)9-6-12-23-19(25)16-11-10-14(21)13-17(16)20(23)26/h10-11,13,15H,2-9,12H2,1H3. The van der Waals surface area contributed by atoms with E-state index >= 15 is 0 Å². The number of nitrogens with zero attached hydrogens (tertiary/aromatic N) is 2. The molecule has 0 unspecified atom stereocenters. The molecule has 1 fully saturated rings. The third-order valence-electron chi connectivity index (χ3n) is 5.47. The van der Waals surface area contributed by atoms with Gasteiger partial charge >= 0.3 is 0 Å². The topological polar surface area (TPSA) is 57.7 Å². The molecular weight excluding hydrogens is 396 g/mol. The first-order valence-electron chi connectivity index (χ1n) is 9.40. The Morgan fingerprint density at radius 1 is 1.12 bits per heavy atom. The Hall–Kier alpha value is -1.69. The van der Waals surface area contributed by atoms with Gasteiger partial charge in [-0.15, -0.1) is 0 Å². The van der Waals surface area contributed by atoms with E-state index in [9.17, 15) is 14.4 Å². The number of carbonyl (C=O) groups is 3. The third kappa shape index (κ3) is 4.00. The molecule has 1 aromatic rings. The Bertz CT molecular complexity index is 711. The van der Waals surface area contributed by atoms with Crippen molar-refractivity contribution in [2.24, 2.45) is 0 Å². The third-order valence-corrected chi connectivity index (χ3v) is 5.96. The van der Waals surface area contributed by atoms with Crippen LogP contribution in [0.5, 0.6) is 0 Å². The second-order valence-corrected chi connectivity index (χ2v) is 8.12. The number of carbonyl (C=O) groups excluding carboxylic acids is 3. The van der Waals surface area contributed by atoms with Gasteiger partial charge in [-0.2, -0.15) is 0 Å². The second kappa shape index (κ2) is 8.33. The van der Waals surface area contributed by atoms with E-state index < -0.39 is 0 Å². The van der Waals surface area contributed by atoms with E-state index in [2.05, 4.69) is 15.9 Å². The highest BCUT2D eigenvalue weighted by atomic mass is 79.9. The molecule has 3 amide bonds. The number of rotatable bonds is 5. The molecule has 0 aromatic heterocycles. The first-order valence-corrected chi connectivity index (χ1v) is 10.2. The van der Waals surface area contributed by atoms with Crippen LogP contribution in [0.25, 0.3) is 0 Å². The Balaban J connectivity index is 1.52. The van der Waals surface area contributed by atoms with Gasteiger partial charge in [0.05, 0.1) is 11.1 Å². The fourth-order valence-electron chi connectivity index (χ4n) is 3.88. The van der Waals surface area contributed by atoms with Crippen LogP contribution in [0.3, 0.4) is 0 Å². The molecule has 1 aliphatic heterocycles. The van der Waals surface area contributed by atoms with Gasteiger partial charge in [-0.05, 0) is 37.5 Å². The summed E-state index contributed by atoms with van der Waals surface area (Å²) in [5, 5.41) is 0. The van der Waals surface area contributed by atoms with Gasteiger partial charge in [-0.3, -0.25) is 19.3 Å². The Morgan fingerprint density at radius 3 is 2.46 bits per heavy atom. The summed E-state index contributed by atoms with van der Waals surface area (Å²) in [7, 11) is 1.89. The second-order valence-electron chi connectivity index (χ2n) is 7.21. The summed E-state index contributed by atoms with van der Waals surface area (Å²) in [5.74, 6) is -0.422. The minimum Gasteiger partial charge on any atom is -0.343 e. The zero-order chi connectivity index (χ0) is 18.7. The molecule has 1 aliphatic carbocycles. The summed E-state index contributed by atoms with van der Waals surface area (Å²) in [6.45, 7) is 0.286. The molecule has 1 aromatic carbocycles. The monoisotopic (exact) mass is 420 g/mol. The van der Waals surface area contributed by atoms with Gasteiger partial charge in [-0.25, -0.2) is 0 Å². The van der Waals surface area contributed by atoms with Crippen molar-refractivity contribution in [1.29, 1.82) is 0 Å². The molecule has 0 atom stereocenters. The molecule has 1 saturated carbocycles. The van der Waals surface area contributed by atoms with Gasteiger partial charge in [0.15, 0.2) is 0 Å². The normalized spacial score (nSPS) is 18.0. The highest BCUT2D eigenvalue weighted by molar-refractivity contribution is 9.10. The van der Waals surface area contributed by atoms with E-state index in [1.165, 1.54) is 30.6 Å². The van der Waals surface area contributed by atoms with Crippen molar-refractivity contribution in [2.45, 2.75) is 57.4 Å². The van der Waals surface area contributed by atoms with E-state index in [1.807, 2.05) is 11.9 Å². The summed E-state index contributed by atoms with van der Waals surface area (Å²) in [6.07, 6.45) is 7.92. The molecule has 6 heteroatoms. The van der Waals surface area contributed by atoms with Crippen LogP contribution < -0.4 is 0 Å². The number of halogens is 1. The molecule has 0 radical (unpaired) electrons. The number of imide groups is 1. The molecule has 0 N–H and O–H groups in total. The van der Waals surface area contributed by atoms with Crippen LogP contribution in [0.15, 0.2) is 22.7 Å². The molecule has 140 valence electrons. The average Bonchev–Trinajstić information content (AvgIpc) is 2.83. The fourth-order valence-corrected chi connectivity index (χ4v) is 4.24. The number of hydrogen-bond acceptors (Lipinski definition) is 3. The van der Waals surface area contributed by atoms with Gasteiger partial charge in [0.25, 0.3) is 11.8 Å². The van der Waals surface area contributed by atoms with Crippen molar-refractivity contribution in [1.82, 2.24) is 9.80 Å². The van der Waals surface area contributed by atoms with Crippen LogP contribution in [-0.4, -0.2) is 47.2 Å².